The van der Waals surface area contributed by atoms with Crippen LogP contribution in [0.2, 0.25) is 0 Å². The predicted octanol–water partition coefficient (Wildman–Crippen LogP) is -0.197. The lowest BCUT2D eigenvalue weighted by atomic mass is 9.41. The van der Waals surface area contributed by atoms with Gasteiger partial charge in [-0.1, -0.05) is 19.9 Å². The number of aliphatic carboxylic acids is 1. The molecule has 256 valence electrons. The van der Waals surface area contributed by atoms with E-state index in [9.17, 15) is 45.6 Å². The minimum absolute atomic E-state index is 0.0822. The Kier molecular flexibility index (Phi) is 8.77. The lowest BCUT2D eigenvalue weighted by molar-refractivity contribution is -0.368. The van der Waals surface area contributed by atoms with Crippen molar-refractivity contribution >= 4 is 5.97 Å². The number of ether oxygens (including phenoxy) is 4. The van der Waals surface area contributed by atoms with Crippen LogP contribution in [0.3, 0.4) is 0 Å². The van der Waals surface area contributed by atoms with Crippen LogP contribution in [0.4, 0.5) is 0 Å². The molecule has 6 aliphatic rings. The van der Waals surface area contributed by atoms with Crippen molar-refractivity contribution in [3.8, 4) is 0 Å². The van der Waals surface area contributed by atoms with E-state index in [1.165, 1.54) is 0 Å². The fourth-order valence-electron chi connectivity index (χ4n) is 10.6. The standard InChI is InChI=1S/C32H50O13/c1-15-11-31-9-5-18-29(2,7-4-8-30(18,3)28(40)41)19(31)6-10-32(15,14-31)45-27-24(39)22(37)25(17(13-34)43-27)44-26-23(38)21(36)20(35)16(12-33)42-26/h16-27,33-39H,1,4-14H2,2-3H3,(H,40,41)/t16-,17-,18+,19+,20-,21+,22-,23-,24-,25-,26-,27+,29-,30-,31-,32+/m1/s1. The van der Waals surface area contributed by atoms with Crippen LogP contribution in [0.5, 0.6) is 0 Å². The number of carboxylic acids is 1. The van der Waals surface area contributed by atoms with Crippen molar-refractivity contribution in [1.29, 1.82) is 0 Å². The second-order valence-corrected chi connectivity index (χ2v) is 15.2. The summed E-state index contributed by atoms with van der Waals surface area (Å²) in [6, 6.07) is 0. The number of aliphatic hydroxyl groups is 7. The van der Waals surface area contributed by atoms with Crippen molar-refractivity contribution in [3.05, 3.63) is 12.2 Å². The summed E-state index contributed by atoms with van der Waals surface area (Å²) in [5.74, 6) is -0.338. The van der Waals surface area contributed by atoms with Gasteiger partial charge in [0.1, 0.15) is 48.8 Å². The van der Waals surface area contributed by atoms with Crippen LogP contribution >= 0.6 is 0 Å². The molecular weight excluding hydrogens is 592 g/mol. The molecule has 2 heterocycles. The lowest BCUT2D eigenvalue weighted by Crippen LogP contribution is -2.65. The summed E-state index contributed by atoms with van der Waals surface area (Å²) in [4.78, 5) is 12.5. The third kappa shape index (κ3) is 5.04. The van der Waals surface area contributed by atoms with Crippen LogP contribution in [0.1, 0.15) is 71.6 Å². The van der Waals surface area contributed by atoms with E-state index in [1.807, 2.05) is 6.92 Å². The second kappa shape index (κ2) is 11.7. The van der Waals surface area contributed by atoms with Crippen molar-refractivity contribution in [2.24, 2.45) is 28.1 Å². The summed E-state index contributed by atoms with van der Waals surface area (Å²) in [5, 5.41) is 82.9. The molecule has 0 aromatic carbocycles. The molecule has 2 bridgehead atoms. The van der Waals surface area contributed by atoms with Crippen LogP contribution in [0, 0.1) is 28.1 Å². The molecule has 0 amide bonds. The molecule has 6 fully saturated rings. The maximum Gasteiger partial charge on any atom is 0.309 e. The van der Waals surface area contributed by atoms with Gasteiger partial charge < -0.3 is 59.8 Å². The average molecular weight is 643 g/mol. The number of carboxylic acid groups (broad SMARTS) is 1. The maximum absolute atomic E-state index is 12.5. The van der Waals surface area contributed by atoms with E-state index in [4.69, 9.17) is 18.9 Å². The van der Waals surface area contributed by atoms with Crippen LogP contribution in [-0.4, -0.2) is 127 Å². The molecule has 0 radical (unpaired) electrons. The van der Waals surface area contributed by atoms with E-state index >= 15 is 0 Å². The Hall–Kier alpha value is -1.23. The molecule has 4 saturated carbocycles. The summed E-state index contributed by atoms with van der Waals surface area (Å²) in [6.45, 7) is 7.29. The summed E-state index contributed by atoms with van der Waals surface area (Å²) >= 11 is 0. The third-order valence-electron chi connectivity index (χ3n) is 12.9. The van der Waals surface area contributed by atoms with Crippen molar-refractivity contribution in [1.82, 2.24) is 0 Å². The smallest absolute Gasteiger partial charge is 0.309 e. The first-order valence-electron chi connectivity index (χ1n) is 16.3. The Morgan fingerprint density at radius 2 is 1.49 bits per heavy atom. The Bertz CT molecular complexity index is 1150. The number of aliphatic hydroxyl groups excluding tert-OH is 7. The van der Waals surface area contributed by atoms with Crippen LogP contribution < -0.4 is 0 Å². The molecular formula is C32H50O13. The van der Waals surface area contributed by atoms with Crippen molar-refractivity contribution < 1.29 is 64.6 Å². The molecule has 4 aliphatic carbocycles. The minimum Gasteiger partial charge on any atom is -0.481 e. The van der Waals surface area contributed by atoms with E-state index in [-0.39, 0.29) is 16.7 Å². The Morgan fingerprint density at radius 1 is 0.844 bits per heavy atom. The summed E-state index contributed by atoms with van der Waals surface area (Å²) in [6.07, 6.45) is -8.19. The van der Waals surface area contributed by atoms with Gasteiger partial charge in [-0.2, -0.15) is 0 Å². The second-order valence-electron chi connectivity index (χ2n) is 15.2. The molecule has 13 heteroatoms. The molecule has 2 aliphatic heterocycles. The lowest BCUT2D eigenvalue weighted by Gasteiger charge is -2.64. The van der Waals surface area contributed by atoms with E-state index in [1.54, 1.807) is 0 Å². The van der Waals surface area contributed by atoms with Crippen molar-refractivity contribution in [3.63, 3.8) is 0 Å². The van der Waals surface area contributed by atoms with Gasteiger partial charge in [0.15, 0.2) is 12.6 Å². The van der Waals surface area contributed by atoms with Gasteiger partial charge in [0, 0.05) is 0 Å². The van der Waals surface area contributed by atoms with E-state index < -0.39 is 91.6 Å². The van der Waals surface area contributed by atoms with Crippen molar-refractivity contribution in [2.45, 2.75) is 139 Å². The van der Waals surface area contributed by atoms with Gasteiger partial charge in [-0.25, -0.2) is 0 Å². The first-order chi connectivity index (χ1) is 21.2. The number of fused-ring (bicyclic) bond motifs is 3. The largest absolute Gasteiger partial charge is 0.481 e. The fraction of sp³-hybridized carbons (Fsp3) is 0.906. The zero-order chi connectivity index (χ0) is 32.7. The first kappa shape index (κ1) is 33.7. The Balaban J connectivity index is 1.18. The topological polar surface area (TPSA) is 216 Å². The predicted molar refractivity (Wildman–Crippen MR) is 154 cm³/mol. The highest BCUT2D eigenvalue weighted by Crippen LogP contribution is 2.73. The molecule has 1 spiro atoms. The van der Waals surface area contributed by atoms with Crippen molar-refractivity contribution in [2.75, 3.05) is 13.2 Å². The summed E-state index contributed by atoms with van der Waals surface area (Å²) < 4.78 is 23.7. The van der Waals surface area contributed by atoms with Gasteiger partial charge in [-0.05, 0) is 86.5 Å². The van der Waals surface area contributed by atoms with E-state index in [2.05, 4.69) is 13.5 Å². The van der Waals surface area contributed by atoms with Crippen LogP contribution in [0.25, 0.3) is 0 Å². The number of carbonyl (C=O) groups is 1. The molecule has 16 atom stereocenters. The normalized spacial score (nSPS) is 54.7. The minimum atomic E-state index is -1.75. The molecule has 2 saturated heterocycles. The molecule has 13 nitrogen and oxygen atoms in total. The highest BCUT2D eigenvalue weighted by atomic mass is 16.7. The fourth-order valence-corrected chi connectivity index (χ4v) is 10.6. The van der Waals surface area contributed by atoms with Gasteiger partial charge in [0.25, 0.3) is 0 Å². The molecule has 0 aromatic heterocycles. The highest BCUT2D eigenvalue weighted by Gasteiger charge is 2.69. The maximum atomic E-state index is 12.5. The highest BCUT2D eigenvalue weighted by molar-refractivity contribution is 5.75. The van der Waals surface area contributed by atoms with Gasteiger partial charge >= 0.3 is 5.97 Å². The summed E-state index contributed by atoms with van der Waals surface area (Å²) in [7, 11) is 0. The monoisotopic (exact) mass is 642 g/mol. The van der Waals surface area contributed by atoms with Crippen LogP contribution in [0.15, 0.2) is 12.2 Å². The molecule has 8 N–H and O–H groups in total. The van der Waals surface area contributed by atoms with Gasteiger partial charge in [0.05, 0.1) is 24.2 Å². The zero-order valence-electron chi connectivity index (χ0n) is 26.0. The zero-order valence-corrected chi connectivity index (χ0v) is 26.0. The van der Waals surface area contributed by atoms with E-state index in [0.717, 1.165) is 44.1 Å². The SMILES string of the molecule is C=C1C[C@@]23CC[C@H]4[C@@](C)(CCC[C@@]4(C)C(=O)O)[C@@H]2CC[C@]1(O[C@@H]1O[C@H](CO)[C@@H](O[C@H]2O[C@H](CO)[C@@H](O)[C@H](O)[C@H]2O)[C@H](O)[C@H]1O)C3. The first-order valence-corrected chi connectivity index (χ1v) is 16.3. The quantitative estimate of drug-likeness (QED) is 0.134. The average Bonchev–Trinajstić information content (AvgIpc) is 3.20. The van der Waals surface area contributed by atoms with Crippen LogP contribution in [-0.2, 0) is 23.7 Å². The van der Waals surface area contributed by atoms with Gasteiger partial charge in [0.2, 0.25) is 0 Å². The van der Waals surface area contributed by atoms with E-state index in [0.29, 0.717) is 25.2 Å². The molecule has 0 unspecified atom stereocenters. The van der Waals surface area contributed by atoms with Gasteiger partial charge in [-0.15, -0.1) is 0 Å². The summed E-state index contributed by atoms with van der Waals surface area (Å²) in [5.41, 5.74) is -0.955. The Labute approximate surface area is 262 Å². The molecule has 6 rings (SSSR count). The third-order valence-corrected chi connectivity index (χ3v) is 12.9. The molecule has 0 aromatic rings. The molecule has 45 heavy (non-hydrogen) atoms. The Morgan fingerprint density at radius 3 is 2.16 bits per heavy atom. The number of hydrogen-bond acceptors (Lipinski definition) is 12. The van der Waals surface area contributed by atoms with Gasteiger partial charge in [-0.3, -0.25) is 4.79 Å². The number of hydrogen-bond donors (Lipinski definition) is 8. The number of rotatable bonds is 7.